The maximum absolute atomic E-state index is 12.4. The molecule has 1 heterocycles. The van der Waals surface area contributed by atoms with Crippen LogP contribution in [0, 0.1) is 0 Å². The van der Waals surface area contributed by atoms with Gasteiger partial charge in [0.15, 0.2) is 9.84 Å². The number of sulfone groups is 1. The summed E-state index contributed by atoms with van der Waals surface area (Å²) in [5.74, 6) is -1.58. The van der Waals surface area contributed by atoms with Crippen LogP contribution in [0.5, 0.6) is 0 Å². The second-order valence-corrected chi connectivity index (χ2v) is 9.11. The highest BCUT2D eigenvalue weighted by Gasteiger charge is 2.29. The van der Waals surface area contributed by atoms with Gasteiger partial charge in [0.25, 0.3) is 0 Å². The zero-order valence-corrected chi connectivity index (χ0v) is 16.7. The normalized spacial score (nSPS) is 12.2. The standard InChI is InChI=1S/C19H21NO5S2/c1-4-11-27(23,24)13(3)17(21)20-18-15(19(22)25-5-2)12-16(26-18)14-9-7-6-8-10-14/h4,6-10,12-13H,1,5,11H2,2-3H3,(H,20,21). The minimum atomic E-state index is -3.66. The van der Waals surface area contributed by atoms with Gasteiger partial charge in [0.1, 0.15) is 10.3 Å². The van der Waals surface area contributed by atoms with Crippen LogP contribution in [0.1, 0.15) is 24.2 Å². The molecule has 2 rings (SSSR count). The lowest BCUT2D eigenvalue weighted by atomic mass is 10.1. The van der Waals surface area contributed by atoms with Crippen LogP contribution in [0.15, 0.2) is 49.1 Å². The molecule has 2 aromatic rings. The summed E-state index contributed by atoms with van der Waals surface area (Å²) in [4.78, 5) is 25.5. The quantitative estimate of drug-likeness (QED) is 0.534. The van der Waals surface area contributed by atoms with Crippen molar-refractivity contribution >= 4 is 38.1 Å². The van der Waals surface area contributed by atoms with Crippen molar-refractivity contribution in [2.75, 3.05) is 17.7 Å². The number of hydrogen-bond acceptors (Lipinski definition) is 6. The fraction of sp³-hybridized carbons (Fsp3) is 0.263. The Morgan fingerprint density at radius 3 is 2.56 bits per heavy atom. The molecule has 1 aromatic heterocycles. The molecule has 0 radical (unpaired) electrons. The van der Waals surface area contributed by atoms with Crippen molar-refractivity contribution in [3.8, 4) is 10.4 Å². The highest BCUT2D eigenvalue weighted by molar-refractivity contribution is 7.92. The van der Waals surface area contributed by atoms with E-state index < -0.39 is 27.0 Å². The molecule has 0 aliphatic rings. The third-order valence-electron chi connectivity index (χ3n) is 3.78. The number of ether oxygens (including phenoxy) is 1. The first kappa shape index (κ1) is 20.9. The Balaban J connectivity index is 2.36. The molecule has 0 saturated carbocycles. The van der Waals surface area contributed by atoms with E-state index in [2.05, 4.69) is 11.9 Å². The molecule has 1 N–H and O–H groups in total. The van der Waals surface area contributed by atoms with E-state index in [9.17, 15) is 18.0 Å². The number of hydrogen-bond donors (Lipinski definition) is 1. The van der Waals surface area contributed by atoms with E-state index >= 15 is 0 Å². The van der Waals surface area contributed by atoms with Gasteiger partial charge < -0.3 is 10.1 Å². The van der Waals surface area contributed by atoms with Gasteiger partial charge in [-0.3, -0.25) is 4.79 Å². The average Bonchev–Trinajstić information content (AvgIpc) is 3.06. The van der Waals surface area contributed by atoms with Crippen molar-refractivity contribution in [1.29, 1.82) is 0 Å². The van der Waals surface area contributed by atoms with Crippen LogP contribution in [0.25, 0.3) is 10.4 Å². The summed E-state index contributed by atoms with van der Waals surface area (Å²) in [6, 6.07) is 11.0. The lowest BCUT2D eigenvalue weighted by Crippen LogP contribution is -2.33. The summed E-state index contributed by atoms with van der Waals surface area (Å²) in [5.41, 5.74) is 1.07. The van der Waals surface area contributed by atoms with Crippen LogP contribution in [-0.4, -0.2) is 37.9 Å². The van der Waals surface area contributed by atoms with Gasteiger partial charge in [-0.05, 0) is 25.5 Å². The van der Waals surface area contributed by atoms with E-state index in [1.807, 2.05) is 30.3 Å². The van der Waals surface area contributed by atoms with Crippen LogP contribution in [0.4, 0.5) is 5.00 Å². The monoisotopic (exact) mass is 407 g/mol. The van der Waals surface area contributed by atoms with Crippen LogP contribution in [0.2, 0.25) is 0 Å². The molecule has 0 aliphatic heterocycles. The van der Waals surface area contributed by atoms with Crippen LogP contribution >= 0.6 is 11.3 Å². The zero-order chi connectivity index (χ0) is 20.0. The second-order valence-electron chi connectivity index (χ2n) is 5.69. The van der Waals surface area contributed by atoms with Crippen LogP contribution in [0.3, 0.4) is 0 Å². The fourth-order valence-corrected chi connectivity index (χ4v) is 4.33. The Morgan fingerprint density at radius 2 is 1.96 bits per heavy atom. The lowest BCUT2D eigenvalue weighted by Gasteiger charge is -2.12. The summed E-state index contributed by atoms with van der Waals surface area (Å²) >= 11 is 1.19. The smallest absolute Gasteiger partial charge is 0.341 e. The Morgan fingerprint density at radius 1 is 1.30 bits per heavy atom. The van der Waals surface area contributed by atoms with Crippen molar-refractivity contribution in [1.82, 2.24) is 0 Å². The Bertz CT molecular complexity index is 932. The van der Waals surface area contributed by atoms with E-state index in [1.54, 1.807) is 13.0 Å². The predicted octanol–water partition coefficient (Wildman–Crippen LogP) is 3.52. The van der Waals surface area contributed by atoms with Gasteiger partial charge in [0, 0.05) is 4.88 Å². The van der Waals surface area contributed by atoms with Gasteiger partial charge in [-0.25, -0.2) is 13.2 Å². The van der Waals surface area contributed by atoms with E-state index in [0.29, 0.717) is 0 Å². The maximum Gasteiger partial charge on any atom is 0.341 e. The van der Waals surface area contributed by atoms with Crippen LogP contribution < -0.4 is 5.32 Å². The number of rotatable bonds is 8. The molecule has 144 valence electrons. The highest BCUT2D eigenvalue weighted by Crippen LogP contribution is 2.36. The number of amides is 1. The number of carbonyl (C=O) groups is 2. The molecule has 27 heavy (non-hydrogen) atoms. The Hall–Kier alpha value is -2.45. The number of thiophene rings is 1. The summed E-state index contributed by atoms with van der Waals surface area (Å²) in [7, 11) is -3.66. The first-order valence-electron chi connectivity index (χ1n) is 8.29. The van der Waals surface area contributed by atoms with Gasteiger partial charge in [-0.15, -0.1) is 17.9 Å². The fourth-order valence-electron chi connectivity index (χ4n) is 2.27. The van der Waals surface area contributed by atoms with Crippen molar-refractivity contribution in [3.63, 3.8) is 0 Å². The predicted molar refractivity (Wildman–Crippen MR) is 108 cm³/mol. The lowest BCUT2D eigenvalue weighted by molar-refractivity contribution is -0.115. The topological polar surface area (TPSA) is 89.5 Å². The summed E-state index contributed by atoms with van der Waals surface area (Å²) in [6.45, 7) is 6.58. The van der Waals surface area contributed by atoms with Crippen molar-refractivity contribution in [3.05, 3.63) is 54.6 Å². The van der Waals surface area contributed by atoms with Crippen molar-refractivity contribution < 1.29 is 22.7 Å². The summed E-state index contributed by atoms with van der Waals surface area (Å²) in [6.07, 6.45) is 1.24. The van der Waals surface area contributed by atoms with Gasteiger partial charge in [-0.2, -0.15) is 0 Å². The molecule has 0 aliphatic carbocycles. The molecule has 0 fully saturated rings. The molecule has 6 nitrogen and oxygen atoms in total. The van der Waals surface area contributed by atoms with E-state index in [0.717, 1.165) is 10.4 Å². The Labute approximate surface area is 162 Å². The minimum Gasteiger partial charge on any atom is -0.462 e. The molecule has 1 unspecified atom stereocenters. The summed E-state index contributed by atoms with van der Waals surface area (Å²) < 4.78 is 29.2. The zero-order valence-electron chi connectivity index (χ0n) is 15.1. The minimum absolute atomic E-state index is 0.187. The van der Waals surface area contributed by atoms with Crippen molar-refractivity contribution in [2.45, 2.75) is 19.1 Å². The van der Waals surface area contributed by atoms with Gasteiger partial charge >= 0.3 is 5.97 Å². The molecular formula is C19H21NO5S2. The second kappa shape index (κ2) is 8.96. The third-order valence-corrected chi connectivity index (χ3v) is 6.87. The van der Waals surface area contributed by atoms with Crippen molar-refractivity contribution in [2.24, 2.45) is 0 Å². The molecule has 0 spiro atoms. The van der Waals surface area contributed by atoms with E-state index in [4.69, 9.17) is 4.74 Å². The first-order chi connectivity index (χ1) is 12.8. The SMILES string of the molecule is C=CCS(=O)(=O)C(C)C(=O)Nc1sc(-c2ccccc2)cc1C(=O)OCC. The largest absolute Gasteiger partial charge is 0.462 e. The van der Waals surface area contributed by atoms with E-state index in [-0.39, 0.29) is 22.9 Å². The third kappa shape index (κ3) is 5.05. The highest BCUT2D eigenvalue weighted by atomic mass is 32.2. The molecule has 0 bridgehead atoms. The van der Waals surface area contributed by atoms with E-state index in [1.165, 1.54) is 24.3 Å². The Kier molecular flexibility index (Phi) is 6.92. The van der Waals surface area contributed by atoms with Gasteiger partial charge in [-0.1, -0.05) is 36.4 Å². The molecule has 8 heteroatoms. The van der Waals surface area contributed by atoms with Gasteiger partial charge in [0.2, 0.25) is 5.91 Å². The number of carbonyl (C=O) groups excluding carboxylic acids is 2. The summed E-state index contributed by atoms with van der Waals surface area (Å²) in [5, 5.41) is 1.56. The maximum atomic E-state index is 12.4. The molecular weight excluding hydrogens is 386 g/mol. The van der Waals surface area contributed by atoms with Gasteiger partial charge in [0.05, 0.1) is 17.9 Å². The van der Waals surface area contributed by atoms with Crippen LogP contribution in [-0.2, 0) is 19.4 Å². The number of benzene rings is 1. The molecule has 1 atom stereocenters. The average molecular weight is 408 g/mol. The number of nitrogens with one attached hydrogen (secondary N) is 1. The first-order valence-corrected chi connectivity index (χ1v) is 10.8. The molecule has 1 amide bonds. The number of anilines is 1. The molecule has 0 saturated heterocycles. The molecule has 1 aromatic carbocycles. The number of esters is 1.